The Kier molecular flexibility index (Phi) is 9.60. The van der Waals surface area contributed by atoms with Crippen LogP contribution in [0.1, 0.15) is 59.8 Å². The molecule has 0 saturated heterocycles. The molecule has 8 heteroatoms. The van der Waals surface area contributed by atoms with Crippen molar-refractivity contribution in [3.63, 3.8) is 0 Å². The molecule has 0 saturated carbocycles. The summed E-state index contributed by atoms with van der Waals surface area (Å²) in [4.78, 5) is 36.2. The summed E-state index contributed by atoms with van der Waals surface area (Å²) < 4.78 is 13.6. The molecule has 35 heavy (non-hydrogen) atoms. The molecule has 0 spiro atoms. The molecule has 0 aliphatic carbocycles. The first-order chi connectivity index (χ1) is 16.8. The molecule has 1 aromatic carbocycles. The van der Waals surface area contributed by atoms with Crippen LogP contribution in [-0.2, 0) is 9.59 Å². The fourth-order valence-corrected chi connectivity index (χ4v) is 4.93. The molecule has 0 radical (unpaired) electrons. The molecule has 3 rings (SSSR count). The number of hydrogen-bond donors (Lipinski definition) is 2. The third-order valence-electron chi connectivity index (χ3n) is 5.95. The van der Waals surface area contributed by atoms with Gasteiger partial charge < -0.3 is 15.2 Å². The number of benzene rings is 1. The first kappa shape index (κ1) is 26.6. The van der Waals surface area contributed by atoms with Crippen molar-refractivity contribution in [2.75, 3.05) is 11.9 Å². The molecule has 0 aliphatic heterocycles. The van der Waals surface area contributed by atoms with Gasteiger partial charge in [0.05, 0.1) is 10.6 Å². The number of imidazole rings is 1. The Labute approximate surface area is 211 Å². The van der Waals surface area contributed by atoms with Gasteiger partial charge in [-0.1, -0.05) is 69.9 Å². The molecular formula is C27H35FN4O2S. The van der Waals surface area contributed by atoms with E-state index >= 15 is 0 Å². The Balaban J connectivity index is 1.79. The predicted octanol–water partition coefficient (Wildman–Crippen LogP) is 6.73. The highest BCUT2D eigenvalue weighted by Gasteiger charge is 2.24. The number of carbonyl (C=O) groups excluding carboxylic acids is 2. The van der Waals surface area contributed by atoms with Crippen LogP contribution in [0.3, 0.4) is 0 Å². The van der Waals surface area contributed by atoms with Crippen molar-refractivity contribution < 1.29 is 14.0 Å². The molecule has 2 heterocycles. The number of nitrogens with one attached hydrogen (secondary N) is 2. The van der Waals surface area contributed by atoms with Gasteiger partial charge in [0.25, 0.3) is 0 Å². The van der Waals surface area contributed by atoms with E-state index in [4.69, 9.17) is 0 Å². The van der Waals surface area contributed by atoms with E-state index in [1.165, 1.54) is 6.07 Å². The fraction of sp³-hybridized carbons (Fsp3) is 0.444. The third kappa shape index (κ3) is 7.24. The zero-order valence-electron chi connectivity index (χ0n) is 20.9. The molecule has 6 nitrogen and oxygen atoms in total. The molecule has 0 unspecified atom stereocenters. The summed E-state index contributed by atoms with van der Waals surface area (Å²) in [7, 11) is 0. The van der Waals surface area contributed by atoms with Crippen LogP contribution in [0.15, 0.2) is 42.5 Å². The standard InChI is InChI=1S/C27H35FN4O2S/c1-5-10-19(11-6-2)16-24(34)32(18(3)4)17-23(33)29-27-25(20-12-8-7-9-13-20)30-26(31-27)21-14-15-22(28)35-21/h7-9,12-15,18-19H,5-6,10-11,16-17H2,1-4H3,(H,29,33)(H,30,31). The molecule has 0 aliphatic rings. The number of aromatic nitrogens is 2. The molecule has 0 atom stereocenters. The van der Waals surface area contributed by atoms with Crippen molar-refractivity contribution in [3.8, 4) is 22.0 Å². The van der Waals surface area contributed by atoms with Gasteiger partial charge in [-0.3, -0.25) is 9.59 Å². The largest absolute Gasteiger partial charge is 0.335 e. The van der Waals surface area contributed by atoms with E-state index in [9.17, 15) is 14.0 Å². The van der Waals surface area contributed by atoms with Crippen LogP contribution in [-0.4, -0.2) is 39.3 Å². The first-order valence-electron chi connectivity index (χ1n) is 12.3. The molecular weight excluding hydrogens is 463 g/mol. The number of amides is 2. The van der Waals surface area contributed by atoms with Gasteiger partial charge >= 0.3 is 0 Å². The minimum atomic E-state index is -0.317. The van der Waals surface area contributed by atoms with Crippen LogP contribution < -0.4 is 5.32 Å². The maximum absolute atomic E-state index is 13.6. The van der Waals surface area contributed by atoms with E-state index in [1.54, 1.807) is 11.0 Å². The maximum Gasteiger partial charge on any atom is 0.245 e. The van der Waals surface area contributed by atoms with Gasteiger partial charge in [-0.2, -0.15) is 4.39 Å². The molecule has 2 aromatic heterocycles. The fourth-order valence-electron chi connectivity index (χ4n) is 4.25. The topological polar surface area (TPSA) is 78.1 Å². The second-order valence-electron chi connectivity index (χ2n) is 9.09. The van der Waals surface area contributed by atoms with Crippen molar-refractivity contribution in [2.45, 2.75) is 65.8 Å². The van der Waals surface area contributed by atoms with Crippen LogP contribution in [0.4, 0.5) is 10.2 Å². The van der Waals surface area contributed by atoms with Crippen LogP contribution in [0.25, 0.3) is 22.0 Å². The molecule has 0 fully saturated rings. The smallest absolute Gasteiger partial charge is 0.245 e. The average molecular weight is 499 g/mol. The molecule has 2 N–H and O–H groups in total. The third-order valence-corrected chi connectivity index (χ3v) is 6.83. The summed E-state index contributed by atoms with van der Waals surface area (Å²) in [5.41, 5.74) is 1.48. The summed E-state index contributed by atoms with van der Waals surface area (Å²) in [6, 6.07) is 12.5. The normalized spacial score (nSPS) is 11.3. The lowest BCUT2D eigenvalue weighted by molar-refractivity contribution is -0.137. The van der Waals surface area contributed by atoms with Crippen LogP contribution in [0, 0.1) is 11.0 Å². The van der Waals surface area contributed by atoms with Crippen molar-refractivity contribution in [2.24, 2.45) is 5.92 Å². The highest BCUT2D eigenvalue weighted by molar-refractivity contribution is 7.13. The van der Waals surface area contributed by atoms with Crippen molar-refractivity contribution >= 4 is 29.0 Å². The summed E-state index contributed by atoms with van der Waals surface area (Å²) in [5, 5.41) is 2.58. The lowest BCUT2D eigenvalue weighted by atomic mass is 9.94. The quantitative estimate of drug-likeness (QED) is 0.291. The van der Waals surface area contributed by atoms with Gasteiger partial charge in [0.15, 0.2) is 16.8 Å². The summed E-state index contributed by atoms with van der Waals surface area (Å²) in [5.74, 6) is 0.860. The lowest BCUT2D eigenvalue weighted by Gasteiger charge is -2.28. The van der Waals surface area contributed by atoms with Crippen LogP contribution in [0.5, 0.6) is 0 Å². The van der Waals surface area contributed by atoms with Crippen molar-refractivity contribution in [1.29, 1.82) is 0 Å². The van der Waals surface area contributed by atoms with Crippen molar-refractivity contribution in [1.82, 2.24) is 14.9 Å². The average Bonchev–Trinajstić information content (AvgIpc) is 3.44. The number of anilines is 1. The van der Waals surface area contributed by atoms with E-state index in [0.717, 1.165) is 42.6 Å². The summed E-state index contributed by atoms with van der Waals surface area (Å²) in [6.45, 7) is 8.06. The number of thiophene rings is 1. The number of aromatic amines is 1. The molecule has 2 amide bonds. The Hall–Kier alpha value is -3.00. The van der Waals surface area contributed by atoms with Gasteiger partial charge in [-0.15, -0.1) is 11.3 Å². The molecule has 0 bridgehead atoms. The Morgan fingerprint density at radius 2 is 1.77 bits per heavy atom. The van der Waals surface area contributed by atoms with E-state index in [0.29, 0.717) is 34.6 Å². The molecule has 3 aromatic rings. The van der Waals surface area contributed by atoms with Crippen LogP contribution in [0.2, 0.25) is 0 Å². The SMILES string of the molecule is CCCC(CCC)CC(=O)N(CC(=O)Nc1nc(-c2ccc(F)s2)[nH]c1-c1ccccc1)C(C)C. The Morgan fingerprint density at radius 1 is 1.09 bits per heavy atom. The number of H-pyrrole nitrogens is 1. The minimum absolute atomic E-state index is 0.00195. The number of rotatable bonds is 12. The van der Waals surface area contributed by atoms with Gasteiger partial charge in [0.1, 0.15) is 6.54 Å². The summed E-state index contributed by atoms with van der Waals surface area (Å²) in [6.07, 6.45) is 4.56. The first-order valence-corrected chi connectivity index (χ1v) is 13.1. The van der Waals surface area contributed by atoms with Gasteiger partial charge in [0.2, 0.25) is 11.8 Å². The minimum Gasteiger partial charge on any atom is -0.335 e. The van der Waals surface area contributed by atoms with E-state index in [1.807, 2.05) is 44.2 Å². The number of nitrogens with zero attached hydrogens (tertiary/aromatic N) is 2. The highest BCUT2D eigenvalue weighted by Crippen LogP contribution is 2.32. The van der Waals surface area contributed by atoms with Gasteiger partial charge in [0, 0.05) is 18.0 Å². The molecule has 188 valence electrons. The Morgan fingerprint density at radius 3 is 2.34 bits per heavy atom. The highest BCUT2D eigenvalue weighted by atomic mass is 32.1. The predicted molar refractivity (Wildman–Crippen MR) is 141 cm³/mol. The number of halogens is 1. The van der Waals surface area contributed by atoms with E-state index in [-0.39, 0.29) is 29.5 Å². The van der Waals surface area contributed by atoms with Gasteiger partial charge in [-0.25, -0.2) is 4.98 Å². The monoisotopic (exact) mass is 498 g/mol. The Bertz CT molecular complexity index is 1100. The van der Waals surface area contributed by atoms with Gasteiger partial charge in [-0.05, 0) is 31.9 Å². The second-order valence-corrected chi connectivity index (χ2v) is 10.1. The van der Waals surface area contributed by atoms with Crippen molar-refractivity contribution in [3.05, 3.63) is 47.6 Å². The number of hydrogen-bond acceptors (Lipinski definition) is 4. The number of carbonyl (C=O) groups is 2. The zero-order chi connectivity index (χ0) is 25.4. The summed E-state index contributed by atoms with van der Waals surface area (Å²) >= 11 is 0.983. The second kappa shape index (κ2) is 12.6. The van der Waals surface area contributed by atoms with E-state index in [2.05, 4.69) is 29.1 Å². The van der Waals surface area contributed by atoms with Crippen LogP contribution >= 0.6 is 11.3 Å². The maximum atomic E-state index is 13.6. The van der Waals surface area contributed by atoms with E-state index < -0.39 is 0 Å². The zero-order valence-corrected chi connectivity index (χ0v) is 21.8. The lowest BCUT2D eigenvalue weighted by Crippen LogP contribution is -2.43.